The van der Waals surface area contributed by atoms with E-state index in [0.717, 1.165) is 12.1 Å². The fourth-order valence-electron chi connectivity index (χ4n) is 2.86. The number of pyridine rings is 1. The van der Waals surface area contributed by atoms with Gasteiger partial charge in [0.05, 0.1) is 12.3 Å². The summed E-state index contributed by atoms with van der Waals surface area (Å²) in [6.07, 6.45) is -3.85. The third-order valence-electron chi connectivity index (χ3n) is 6.19. The number of alkyl halides is 3. The van der Waals surface area contributed by atoms with Crippen molar-refractivity contribution in [3.63, 3.8) is 0 Å². The summed E-state index contributed by atoms with van der Waals surface area (Å²) in [5.74, 6) is -2.76. The van der Waals surface area contributed by atoms with Crippen molar-refractivity contribution in [2.75, 3.05) is 0 Å². The number of nitrogens with zero attached hydrogens (tertiary/aromatic N) is 1. The molecule has 0 radical (unpaired) electrons. The lowest BCUT2D eigenvalue weighted by molar-refractivity contribution is -0.182. The Bertz CT molecular complexity index is 1020. The van der Waals surface area contributed by atoms with Crippen molar-refractivity contribution in [3.8, 4) is 0 Å². The van der Waals surface area contributed by atoms with Crippen LogP contribution in [0, 0.1) is 11.6 Å². The van der Waals surface area contributed by atoms with E-state index in [0.29, 0.717) is 17.7 Å². The number of halogens is 5. The highest BCUT2D eigenvalue weighted by Crippen LogP contribution is 2.45. The lowest BCUT2D eigenvalue weighted by atomic mass is 9.86. The Labute approximate surface area is 208 Å². The van der Waals surface area contributed by atoms with Crippen molar-refractivity contribution in [1.29, 1.82) is 0 Å². The molecule has 2 atom stereocenters. The fraction of sp³-hybridized carbons (Fsp3) is 0.542. The lowest BCUT2D eigenvalue weighted by Gasteiger charge is -2.38. The predicted molar refractivity (Wildman–Crippen MR) is 130 cm³/mol. The molecule has 2 unspecified atom stereocenters. The zero-order valence-corrected chi connectivity index (χ0v) is 23.0. The normalized spacial score (nSPS) is 16.2. The molecule has 2 aromatic rings. The van der Waals surface area contributed by atoms with Gasteiger partial charge in [-0.05, 0) is 68.2 Å². The summed E-state index contributed by atoms with van der Waals surface area (Å²) in [4.78, 5) is 4.05. The molecule has 1 aromatic heterocycles. The van der Waals surface area contributed by atoms with Crippen LogP contribution < -0.4 is 4.72 Å². The molecular formula is C24H33F5N2O2SSi. The summed E-state index contributed by atoms with van der Waals surface area (Å²) >= 11 is -2.24. The minimum atomic E-state index is -5.11. The van der Waals surface area contributed by atoms with Gasteiger partial charge < -0.3 is 8.98 Å². The molecule has 0 saturated carbocycles. The van der Waals surface area contributed by atoms with E-state index in [1.807, 2.05) is 0 Å². The molecule has 0 aliphatic heterocycles. The van der Waals surface area contributed by atoms with Gasteiger partial charge in [0, 0.05) is 17.6 Å². The van der Waals surface area contributed by atoms with Gasteiger partial charge in [-0.1, -0.05) is 32.9 Å². The molecule has 11 heteroatoms. The number of nitrogens with one attached hydrogen (secondary N) is 1. The largest absolute Gasteiger partial charge is 0.598 e. The van der Waals surface area contributed by atoms with E-state index in [4.69, 9.17) is 4.43 Å². The maximum Gasteiger partial charge on any atom is 0.420 e. The van der Waals surface area contributed by atoms with E-state index in [-0.39, 0.29) is 11.6 Å². The maximum atomic E-state index is 14.8. The molecule has 196 valence electrons. The van der Waals surface area contributed by atoms with E-state index in [9.17, 15) is 26.5 Å². The zero-order chi connectivity index (χ0) is 27.0. The van der Waals surface area contributed by atoms with Crippen LogP contribution in [0.15, 0.2) is 36.5 Å². The average molecular weight is 537 g/mol. The fourth-order valence-corrected chi connectivity index (χ4v) is 4.74. The Morgan fingerprint density at radius 1 is 0.971 bits per heavy atom. The molecule has 0 aliphatic carbocycles. The first-order valence-corrected chi connectivity index (χ1v) is 15.1. The van der Waals surface area contributed by atoms with Gasteiger partial charge >= 0.3 is 6.18 Å². The highest BCUT2D eigenvalue weighted by Gasteiger charge is 2.62. The first-order chi connectivity index (χ1) is 15.7. The van der Waals surface area contributed by atoms with Crippen molar-refractivity contribution in [2.24, 2.45) is 0 Å². The number of benzene rings is 1. The Morgan fingerprint density at radius 2 is 1.57 bits per heavy atom. The topological polar surface area (TPSA) is 57.2 Å². The van der Waals surface area contributed by atoms with Gasteiger partial charge in [-0.15, -0.1) is 4.72 Å². The van der Waals surface area contributed by atoms with Crippen LogP contribution in [0.25, 0.3) is 0 Å². The molecule has 2 rings (SSSR count). The minimum Gasteiger partial charge on any atom is -0.598 e. The van der Waals surface area contributed by atoms with Crippen LogP contribution in [0.4, 0.5) is 22.0 Å². The Hall–Kier alpha value is -1.53. The van der Waals surface area contributed by atoms with Crippen LogP contribution in [0.2, 0.25) is 18.1 Å². The summed E-state index contributed by atoms with van der Waals surface area (Å²) in [6.45, 7) is 15.0. The SMILES string of the molecule is CC(C)(C)[S+]([O-])NC(c1ccc(F)c(F)c1)(c1ccc(CO[Si](C)(C)C(C)(C)C)cn1)C(F)(F)F. The van der Waals surface area contributed by atoms with Crippen LogP contribution in [-0.4, -0.2) is 28.8 Å². The summed E-state index contributed by atoms with van der Waals surface area (Å²) in [5, 5.41) is -0.0561. The van der Waals surface area contributed by atoms with Crippen molar-refractivity contribution in [2.45, 2.75) is 82.7 Å². The minimum absolute atomic E-state index is 0.0561. The third kappa shape index (κ3) is 6.43. The lowest BCUT2D eigenvalue weighted by Crippen LogP contribution is -2.60. The highest BCUT2D eigenvalue weighted by atomic mass is 32.2. The monoisotopic (exact) mass is 536 g/mol. The predicted octanol–water partition coefficient (Wildman–Crippen LogP) is 6.74. The molecule has 1 aromatic carbocycles. The second kappa shape index (κ2) is 10.1. The summed E-state index contributed by atoms with van der Waals surface area (Å²) in [7, 11) is -2.11. The van der Waals surface area contributed by atoms with Gasteiger partial charge in [-0.3, -0.25) is 4.98 Å². The quantitative estimate of drug-likeness (QED) is 0.242. The van der Waals surface area contributed by atoms with Crippen LogP contribution in [0.3, 0.4) is 0 Å². The summed E-state index contributed by atoms with van der Waals surface area (Å²) < 4.78 is 92.1. The zero-order valence-electron chi connectivity index (χ0n) is 21.2. The van der Waals surface area contributed by atoms with E-state index >= 15 is 0 Å². The van der Waals surface area contributed by atoms with Crippen LogP contribution in [-0.2, 0) is 27.9 Å². The molecule has 0 fully saturated rings. The second-order valence-electron chi connectivity index (χ2n) is 11.0. The van der Waals surface area contributed by atoms with Gasteiger partial charge in [0.1, 0.15) is 4.75 Å². The van der Waals surface area contributed by atoms with E-state index in [2.05, 4.69) is 43.6 Å². The van der Waals surface area contributed by atoms with E-state index in [1.165, 1.54) is 33.0 Å². The van der Waals surface area contributed by atoms with Crippen molar-refractivity contribution in [3.05, 3.63) is 65.0 Å². The average Bonchev–Trinajstić information content (AvgIpc) is 2.70. The molecule has 0 amide bonds. The summed E-state index contributed by atoms with van der Waals surface area (Å²) in [6, 6.07) is 4.46. The molecule has 0 spiro atoms. The smallest absolute Gasteiger partial charge is 0.420 e. The second-order valence-corrected chi connectivity index (χ2v) is 17.7. The first kappa shape index (κ1) is 29.7. The number of aromatic nitrogens is 1. The van der Waals surface area contributed by atoms with E-state index < -0.39 is 59.0 Å². The molecule has 0 bridgehead atoms. The van der Waals surface area contributed by atoms with Crippen molar-refractivity contribution in [1.82, 2.24) is 9.71 Å². The summed E-state index contributed by atoms with van der Waals surface area (Å²) in [5.41, 5.74) is -3.82. The number of hydrogen-bond acceptors (Lipinski definition) is 4. The Balaban J connectivity index is 2.61. The van der Waals surface area contributed by atoms with Gasteiger partial charge in [0.25, 0.3) is 0 Å². The third-order valence-corrected chi connectivity index (χ3v) is 12.3. The first-order valence-electron chi connectivity index (χ1n) is 11.0. The number of hydrogen-bond donors (Lipinski definition) is 1. The molecule has 0 saturated heterocycles. The highest BCUT2D eigenvalue weighted by molar-refractivity contribution is 7.90. The molecular weight excluding hydrogens is 503 g/mol. The van der Waals surface area contributed by atoms with E-state index in [1.54, 1.807) is 0 Å². The van der Waals surface area contributed by atoms with Crippen molar-refractivity contribution >= 4 is 19.7 Å². The molecule has 35 heavy (non-hydrogen) atoms. The van der Waals surface area contributed by atoms with Crippen LogP contribution >= 0.6 is 0 Å². The number of rotatable bonds is 7. The van der Waals surface area contributed by atoms with Crippen LogP contribution in [0.1, 0.15) is 58.4 Å². The van der Waals surface area contributed by atoms with Gasteiger partial charge in [0.15, 0.2) is 20.0 Å². The maximum absolute atomic E-state index is 14.8. The van der Waals surface area contributed by atoms with Gasteiger partial charge in [-0.25, -0.2) is 8.78 Å². The molecule has 1 N–H and O–H groups in total. The standard InChI is InChI=1S/C24H33F5N2O2SSi/c1-21(2,3)34(32)31-23(24(27,28)29,17-10-11-18(25)19(26)13-17)20-12-9-16(14-30-20)15-33-35(7,8)22(4,5)6/h9-14,31H,15H2,1-8H3. The van der Waals surface area contributed by atoms with Crippen LogP contribution in [0.5, 0.6) is 0 Å². The molecule has 4 nitrogen and oxygen atoms in total. The molecule has 0 aliphatic rings. The Kier molecular flexibility index (Phi) is 8.55. The molecule has 1 heterocycles. The van der Waals surface area contributed by atoms with Gasteiger partial charge in [-0.2, -0.15) is 13.2 Å². The Morgan fingerprint density at radius 3 is 2.00 bits per heavy atom. The van der Waals surface area contributed by atoms with Crippen molar-refractivity contribution < 1.29 is 30.9 Å². The van der Waals surface area contributed by atoms with Gasteiger partial charge in [0.2, 0.25) is 5.54 Å².